The number of anilines is 1. The third-order valence-corrected chi connectivity index (χ3v) is 3.40. The minimum atomic E-state index is 0.0979. The van der Waals surface area contributed by atoms with Crippen molar-refractivity contribution in [2.24, 2.45) is 0 Å². The number of hydrogen-bond donors (Lipinski definition) is 1. The van der Waals surface area contributed by atoms with Crippen LogP contribution in [0.25, 0.3) is 0 Å². The fourth-order valence-corrected chi connectivity index (χ4v) is 2.33. The lowest BCUT2D eigenvalue weighted by atomic mass is 10.2. The Morgan fingerprint density at radius 1 is 1.11 bits per heavy atom. The van der Waals surface area contributed by atoms with E-state index in [4.69, 9.17) is 0 Å². The van der Waals surface area contributed by atoms with Gasteiger partial charge in [0.1, 0.15) is 0 Å². The van der Waals surface area contributed by atoms with Crippen molar-refractivity contribution >= 4 is 11.6 Å². The predicted molar refractivity (Wildman–Crippen MR) is 74.7 cm³/mol. The Labute approximate surface area is 109 Å². The van der Waals surface area contributed by atoms with Gasteiger partial charge in [-0.1, -0.05) is 30.5 Å². The summed E-state index contributed by atoms with van der Waals surface area (Å²) in [6.45, 7) is 4.68. The molecule has 0 unspecified atom stereocenters. The molecule has 0 bridgehead atoms. The van der Waals surface area contributed by atoms with E-state index < -0.39 is 0 Å². The summed E-state index contributed by atoms with van der Waals surface area (Å²) in [4.78, 5) is 14.2. The molecule has 0 saturated carbocycles. The second-order valence-electron chi connectivity index (χ2n) is 5.10. The van der Waals surface area contributed by atoms with Gasteiger partial charge in [-0.25, -0.2) is 0 Å². The molecule has 1 aliphatic rings. The number of hydrogen-bond acceptors (Lipinski definition) is 2. The Balaban J connectivity index is 1.82. The van der Waals surface area contributed by atoms with Crippen LogP contribution in [0.15, 0.2) is 24.3 Å². The predicted octanol–water partition coefficient (Wildman–Crippen LogP) is 2.81. The van der Waals surface area contributed by atoms with Gasteiger partial charge >= 0.3 is 0 Å². The van der Waals surface area contributed by atoms with Gasteiger partial charge < -0.3 is 5.32 Å². The number of likely N-dealkylation sites (tertiary alicyclic amines) is 1. The lowest BCUT2D eigenvalue weighted by molar-refractivity contribution is -0.117. The van der Waals surface area contributed by atoms with E-state index >= 15 is 0 Å². The molecule has 2 rings (SSSR count). The third-order valence-electron chi connectivity index (χ3n) is 3.40. The quantitative estimate of drug-likeness (QED) is 0.889. The number of carbonyl (C=O) groups is 1. The lowest BCUT2D eigenvalue weighted by Crippen LogP contribution is -2.33. The summed E-state index contributed by atoms with van der Waals surface area (Å²) in [5.41, 5.74) is 2.10. The minimum Gasteiger partial charge on any atom is -0.325 e. The van der Waals surface area contributed by atoms with E-state index in [1.807, 2.05) is 31.2 Å². The van der Waals surface area contributed by atoms with E-state index in [1.165, 1.54) is 31.2 Å². The first-order chi connectivity index (χ1) is 8.74. The fourth-order valence-electron chi connectivity index (χ4n) is 2.33. The van der Waals surface area contributed by atoms with E-state index in [-0.39, 0.29) is 5.91 Å². The van der Waals surface area contributed by atoms with Gasteiger partial charge in [-0.05, 0) is 45.0 Å². The molecule has 0 aromatic heterocycles. The van der Waals surface area contributed by atoms with Crippen LogP contribution in [0.4, 0.5) is 5.69 Å². The second kappa shape index (κ2) is 6.55. The zero-order valence-electron chi connectivity index (χ0n) is 11.1. The first-order valence-electron chi connectivity index (χ1n) is 6.83. The summed E-state index contributed by atoms with van der Waals surface area (Å²) < 4.78 is 0. The molecular weight excluding hydrogens is 224 g/mol. The van der Waals surface area contributed by atoms with Crippen molar-refractivity contribution in [3.05, 3.63) is 29.8 Å². The molecule has 1 fully saturated rings. The zero-order valence-corrected chi connectivity index (χ0v) is 11.1. The van der Waals surface area contributed by atoms with E-state index in [2.05, 4.69) is 10.2 Å². The molecule has 1 saturated heterocycles. The van der Waals surface area contributed by atoms with Crippen molar-refractivity contribution in [2.75, 3.05) is 25.0 Å². The highest BCUT2D eigenvalue weighted by molar-refractivity contribution is 5.92. The molecule has 1 aromatic carbocycles. The molecule has 1 amide bonds. The van der Waals surface area contributed by atoms with Gasteiger partial charge in [0.05, 0.1) is 6.54 Å². The minimum absolute atomic E-state index is 0.0979. The largest absolute Gasteiger partial charge is 0.325 e. The SMILES string of the molecule is Cc1ccc(NC(=O)CN2CCCCCC2)cc1. The molecular formula is C15H22N2O. The molecule has 0 spiro atoms. The van der Waals surface area contributed by atoms with Gasteiger partial charge in [0.25, 0.3) is 0 Å². The number of nitrogens with one attached hydrogen (secondary N) is 1. The van der Waals surface area contributed by atoms with E-state index in [0.717, 1.165) is 18.8 Å². The van der Waals surface area contributed by atoms with E-state index in [1.54, 1.807) is 0 Å². The normalized spacial score (nSPS) is 17.2. The molecule has 1 aromatic rings. The van der Waals surface area contributed by atoms with E-state index in [9.17, 15) is 4.79 Å². The Morgan fingerprint density at radius 2 is 1.72 bits per heavy atom. The van der Waals surface area contributed by atoms with Crippen LogP contribution in [-0.2, 0) is 4.79 Å². The highest BCUT2D eigenvalue weighted by atomic mass is 16.2. The van der Waals surface area contributed by atoms with Crippen molar-refractivity contribution in [2.45, 2.75) is 32.6 Å². The van der Waals surface area contributed by atoms with Crippen LogP contribution in [-0.4, -0.2) is 30.4 Å². The van der Waals surface area contributed by atoms with Crippen LogP contribution < -0.4 is 5.32 Å². The van der Waals surface area contributed by atoms with E-state index in [0.29, 0.717) is 6.54 Å². The smallest absolute Gasteiger partial charge is 0.238 e. The van der Waals surface area contributed by atoms with Gasteiger partial charge in [-0.15, -0.1) is 0 Å². The summed E-state index contributed by atoms with van der Waals surface area (Å²) in [5, 5.41) is 2.96. The molecule has 0 radical (unpaired) electrons. The van der Waals surface area contributed by atoms with Crippen LogP contribution in [0.1, 0.15) is 31.2 Å². The first kappa shape index (κ1) is 13.1. The molecule has 0 atom stereocenters. The molecule has 1 aliphatic heterocycles. The monoisotopic (exact) mass is 246 g/mol. The number of aryl methyl sites for hydroxylation is 1. The fraction of sp³-hybridized carbons (Fsp3) is 0.533. The summed E-state index contributed by atoms with van der Waals surface area (Å²) in [7, 11) is 0. The van der Waals surface area contributed by atoms with Crippen LogP contribution in [0, 0.1) is 6.92 Å². The van der Waals surface area contributed by atoms with Crippen molar-refractivity contribution in [3.63, 3.8) is 0 Å². The van der Waals surface area contributed by atoms with Crippen molar-refractivity contribution < 1.29 is 4.79 Å². The average Bonchev–Trinajstić information content (AvgIpc) is 2.61. The molecule has 18 heavy (non-hydrogen) atoms. The van der Waals surface area contributed by atoms with Crippen LogP contribution >= 0.6 is 0 Å². The number of amides is 1. The Morgan fingerprint density at radius 3 is 2.33 bits per heavy atom. The topological polar surface area (TPSA) is 32.3 Å². The Bertz CT molecular complexity index is 378. The maximum absolute atomic E-state index is 11.9. The lowest BCUT2D eigenvalue weighted by Gasteiger charge is -2.18. The second-order valence-corrected chi connectivity index (χ2v) is 5.10. The summed E-state index contributed by atoms with van der Waals surface area (Å²) in [5.74, 6) is 0.0979. The maximum atomic E-state index is 11.9. The molecule has 1 N–H and O–H groups in total. The summed E-state index contributed by atoms with van der Waals surface area (Å²) in [6, 6.07) is 7.94. The maximum Gasteiger partial charge on any atom is 0.238 e. The first-order valence-corrected chi connectivity index (χ1v) is 6.83. The van der Waals surface area contributed by atoms with Crippen molar-refractivity contribution in [3.8, 4) is 0 Å². The number of benzene rings is 1. The standard InChI is InChI=1S/C15H22N2O/c1-13-6-8-14(9-7-13)16-15(18)12-17-10-4-2-3-5-11-17/h6-9H,2-5,10-12H2,1H3,(H,16,18). The van der Waals surface area contributed by atoms with Gasteiger partial charge in [-0.2, -0.15) is 0 Å². The number of carbonyl (C=O) groups excluding carboxylic acids is 1. The molecule has 3 heteroatoms. The summed E-state index contributed by atoms with van der Waals surface area (Å²) in [6.07, 6.45) is 5.04. The van der Waals surface area contributed by atoms with Crippen LogP contribution in [0.2, 0.25) is 0 Å². The Hall–Kier alpha value is -1.35. The molecule has 98 valence electrons. The van der Waals surface area contributed by atoms with Gasteiger partial charge in [-0.3, -0.25) is 9.69 Å². The Kier molecular flexibility index (Phi) is 4.76. The van der Waals surface area contributed by atoms with Crippen molar-refractivity contribution in [1.29, 1.82) is 0 Å². The number of nitrogens with zero attached hydrogens (tertiary/aromatic N) is 1. The average molecular weight is 246 g/mol. The van der Waals surface area contributed by atoms with Gasteiger partial charge in [0.15, 0.2) is 0 Å². The zero-order chi connectivity index (χ0) is 12.8. The summed E-state index contributed by atoms with van der Waals surface area (Å²) >= 11 is 0. The highest BCUT2D eigenvalue weighted by Gasteiger charge is 2.12. The highest BCUT2D eigenvalue weighted by Crippen LogP contribution is 2.11. The third kappa shape index (κ3) is 4.15. The van der Waals surface area contributed by atoms with Crippen molar-refractivity contribution in [1.82, 2.24) is 4.90 Å². The number of rotatable bonds is 3. The van der Waals surface area contributed by atoms with Gasteiger partial charge in [0.2, 0.25) is 5.91 Å². The molecule has 0 aliphatic carbocycles. The molecule has 3 nitrogen and oxygen atoms in total. The van der Waals surface area contributed by atoms with Gasteiger partial charge in [0, 0.05) is 5.69 Å². The van der Waals surface area contributed by atoms with Crippen LogP contribution in [0.5, 0.6) is 0 Å². The molecule has 1 heterocycles. The van der Waals surface area contributed by atoms with Crippen LogP contribution in [0.3, 0.4) is 0 Å².